The summed E-state index contributed by atoms with van der Waals surface area (Å²) in [7, 11) is 1.96. The maximum atomic E-state index is 11.2. The van der Waals surface area contributed by atoms with Crippen molar-refractivity contribution in [3.05, 3.63) is 12.2 Å². The average Bonchev–Trinajstić information content (AvgIpc) is 2.31. The predicted molar refractivity (Wildman–Crippen MR) is 70.1 cm³/mol. The lowest BCUT2D eigenvalue weighted by Gasteiger charge is -2.14. The van der Waals surface area contributed by atoms with Crippen LogP contribution in [0, 0.1) is 5.92 Å². The van der Waals surface area contributed by atoms with E-state index >= 15 is 0 Å². The molecule has 0 spiro atoms. The Bertz CT molecular complexity index is 239. The molecule has 0 fully saturated rings. The Hall–Kier alpha value is -0.653. The molecule has 0 heterocycles. The Balaban J connectivity index is 3.62. The monoisotopic (exact) mass is 260 g/mol. The van der Waals surface area contributed by atoms with Gasteiger partial charge in [0.05, 0.1) is 6.61 Å². The first kappa shape index (κ1) is 16.3. The minimum Gasteiger partial charge on any atom is -0.462 e. The predicted octanol–water partition coefficient (Wildman–Crippen LogP) is 2.04. The zero-order chi connectivity index (χ0) is 13.3. The summed E-state index contributed by atoms with van der Waals surface area (Å²) in [6, 6.07) is 0.992. The minimum atomic E-state index is -1.43. The number of carbonyl (C=O) groups excluding carboxylic acids is 1. The van der Waals surface area contributed by atoms with Crippen molar-refractivity contribution in [1.29, 1.82) is 0 Å². The van der Waals surface area contributed by atoms with E-state index in [4.69, 9.17) is 13.6 Å². The molecule has 0 rings (SSSR count). The number of carbonyl (C=O) groups is 1. The normalized spacial score (nSPS) is 12.5. The van der Waals surface area contributed by atoms with Gasteiger partial charge < -0.3 is 13.6 Å². The van der Waals surface area contributed by atoms with Crippen LogP contribution in [0.15, 0.2) is 12.2 Å². The molecule has 17 heavy (non-hydrogen) atoms. The van der Waals surface area contributed by atoms with Crippen LogP contribution < -0.4 is 0 Å². The van der Waals surface area contributed by atoms with Gasteiger partial charge >= 0.3 is 15.3 Å². The van der Waals surface area contributed by atoms with E-state index in [1.807, 2.05) is 0 Å². The number of hydrogen-bond donors (Lipinski definition) is 0. The number of ether oxygens (including phenoxy) is 1. The third-order valence-corrected chi connectivity index (χ3v) is 4.44. The second-order valence-electron chi connectivity index (χ2n) is 4.32. The van der Waals surface area contributed by atoms with Gasteiger partial charge in [-0.05, 0) is 25.3 Å². The van der Waals surface area contributed by atoms with Gasteiger partial charge in [-0.2, -0.15) is 0 Å². The maximum absolute atomic E-state index is 11.2. The van der Waals surface area contributed by atoms with Gasteiger partial charge in [0, 0.05) is 19.8 Å². The molecule has 0 saturated heterocycles. The van der Waals surface area contributed by atoms with E-state index in [0.29, 0.717) is 18.1 Å². The summed E-state index contributed by atoms with van der Waals surface area (Å²) >= 11 is 0. The largest absolute Gasteiger partial charge is 0.462 e. The van der Waals surface area contributed by atoms with Crippen LogP contribution >= 0.6 is 0 Å². The molecule has 0 bridgehead atoms. The van der Waals surface area contributed by atoms with Crippen LogP contribution in [0.3, 0.4) is 0 Å². The number of hydrogen-bond acceptors (Lipinski definition) is 4. The molecule has 0 aliphatic rings. The van der Waals surface area contributed by atoms with Crippen molar-refractivity contribution in [1.82, 2.24) is 0 Å². The molecule has 0 saturated carbocycles. The van der Waals surface area contributed by atoms with Crippen LogP contribution in [0.5, 0.6) is 0 Å². The number of esters is 1. The third-order valence-electron chi connectivity index (χ3n) is 2.51. The second-order valence-corrected chi connectivity index (χ2v) is 6.70. The molecule has 0 aliphatic heterocycles. The highest BCUT2D eigenvalue weighted by atomic mass is 28.3. The fourth-order valence-electron chi connectivity index (χ4n) is 1.39. The molecule has 100 valence electrons. The fourth-order valence-corrected chi connectivity index (χ4v) is 2.62. The van der Waals surface area contributed by atoms with Gasteiger partial charge in [-0.15, -0.1) is 0 Å². The molecular formula is C12H24O4Si. The standard InChI is InChI=1S/C12H24O4Si/c1-10(2)12(13)16-9-11(3)7-6-8-17(14-4)15-5/h11,17H,1,6-9H2,2-5H3. The molecule has 0 N–H and O–H groups in total. The lowest BCUT2D eigenvalue weighted by atomic mass is 10.1. The SMILES string of the molecule is C=C(C)C(=O)OCC(C)CCC[SiH](OC)OC. The van der Waals surface area contributed by atoms with E-state index < -0.39 is 9.28 Å². The fraction of sp³-hybridized carbons (Fsp3) is 0.750. The summed E-state index contributed by atoms with van der Waals surface area (Å²) in [5, 5.41) is 0. The Morgan fingerprint density at radius 1 is 1.35 bits per heavy atom. The van der Waals surface area contributed by atoms with Gasteiger partial charge in [-0.25, -0.2) is 4.79 Å². The van der Waals surface area contributed by atoms with E-state index in [0.717, 1.165) is 18.9 Å². The van der Waals surface area contributed by atoms with Gasteiger partial charge in [0.1, 0.15) is 0 Å². The van der Waals surface area contributed by atoms with Gasteiger partial charge in [-0.3, -0.25) is 0 Å². The summed E-state index contributed by atoms with van der Waals surface area (Å²) in [4.78, 5) is 11.2. The van der Waals surface area contributed by atoms with E-state index in [1.54, 1.807) is 21.1 Å². The minimum absolute atomic E-state index is 0.308. The molecule has 0 amide bonds. The highest BCUT2D eigenvalue weighted by Gasteiger charge is 2.12. The molecule has 1 atom stereocenters. The summed E-state index contributed by atoms with van der Waals surface area (Å²) < 4.78 is 15.5. The van der Waals surface area contributed by atoms with Crippen LogP contribution in [0.4, 0.5) is 0 Å². The Kier molecular flexibility index (Phi) is 9.02. The van der Waals surface area contributed by atoms with Crippen molar-refractivity contribution in [2.75, 3.05) is 20.8 Å². The van der Waals surface area contributed by atoms with Crippen LogP contribution in [-0.4, -0.2) is 36.1 Å². The van der Waals surface area contributed by atoms with Crippen LogP contribution in [0.25, 0.3) is 0 Å². The molecule has 4 nitrogen and oxygen atoms in total. The Morgan fingerprint density at radius 3 is 2.41 bits per heavy atom. The maximum Gasteiger partial charge on any atom is 0.333 e. The second kappa shape index (κ2) is 9.38. The summed E-state index contributed by atoms with van der Waals surface area (Å²) in [5.74, 6) is 0.0551. The van der Waals surface area contributed by atoms with E-state index in [9.17, 15) is 4.79 Å². The zero-order valence-electron chi connectivity index (χ0n) is 11.3. The van der Waals surface area contributed by atoms with Crippen molar-refractivity contribution in [2.24, 2.45) is 5.92 Å². The van der Waals surface area contributed by atoms with Gasteiger partial charge in [0.25, 0.3) is 0 Å². The summed E-state index contributed by atoms with van der Waals surface area (Å²) in [6.45, 7) is 7.72. The first-order chi connectivity index (χ1) is 8.01. The van der Waals surface area contributed by atoms with Crippen LogP contribution in [0.2, 0.25) is 6.04 Å². The van der Waals surface area contributed by atoms with Crippen molar-refractivity contribution in [2.45, 2.75) is 32.7 Å². The highest BCUT2D eigenvalue weighted by Crippen LogP contribution is 2.11. The van der Waals surface area contributed by atoms with Crippen molar-refractivity contribution in [3.8, 4) is 0 Å². The molecule has 5 heteroatoms. The molecule has 0 aromatic carbocycles. The lowest BCUT2D eigenvalue weighted by Crippen LogP contribution is -2.19. The van der Waals surface area contributed by atoms with Gasteiger partial charge in [0.15, 0.2) is 0 Å². The molecule has 0 aromatic rings. The first-order valence-electron chi connectivity index (χ1n) is 5.89. The highest BCUT2D eigenvalue weighted by molar-refractivity contribution is 6.44. The Morgan fingerprint density at radius 2 is 1.94 bits per heavy atom. The lowest BCUT2D eigenvalue weighted by molar-refractivity contribution is -0.140. The molecule has 0 radical (unpaired) electrons. The quantitative estimate of drug-likeness (QED) is 0.361. The van der Waals surface area contributed by atoms with E-state index in [2.05, 4.69) is 13.5 Å². The van der Waals surface area contributed by atoms with Gasteiger partial charge in [-0.1, -0.05) is 19.9 Å². The first-order valence-corrected chi connectivity index (χ1v) is 7.65. The number of rotatable bonds is 9. The van der Waals surface area contributed by atoms with Crippen molar-refractivity contribution < 1.29 is 18.4 Å². The van der Waals surface area contributed by atoms with Crippen LogP contribution in [-0.2, 0) is 18.4 Å². The van der Waals surface area contributed by atoms with Crippen molar-refractivity contribution >= 4 is 15.3 Å². The molecular weight excluding hydrogens is 236 g/mol. The zero-order valence-corrected chi connectivity index (χ0v) is 12.5. The summed E-state index contributed by atoms with van der Waals surface area (Å²) in [6.07, 6.45) is 2.06. The third kappa shape index (κ3) is 8.12. The molecule has 1 unspecified atom stereocenters. The van der Waals surface area contributed by atoms with E-state index in [1.165, 1.54) is 0 Å². The Labute approximate surface area is 106 Å². The average molecular weight is 260 g/mol. The molecule has 0 aliphatic carbocycles. The van der Waals surface area contributed by atoms with Crippen molar-refractivity contribution in [3.63, 3.8) is 0 Å². The topological polar surface area (TPSA) is 44.8 Å². The van der Waals surface area contributed by atoms with Gasteiger partial charge in [0.2, 0.25) is 0 Å². The summed E-state index contributed by atoms with van der Waals surface area (Å²) in [5.41, 5.74) is 0.448. The molecule has 0 aromatic heterocycles. The smallest absolute Gasteiger partial charge is 0.333 e. The van der Waals surface area contributed by atoms with Crippen LogP contribution in [0.1, 0.15) is 26.7 Å². The van der Waals surface area contributed by atoms with E-state index in [-0.39, 0.29) is 5.97 Å².